The molecule has 6 nitrogen and oxygen atoms in total. The summed E-state index contributed by atoms with van der Waals surface area (Å²) < 4.78 is 5.30. The van der Waals surface area contributed by atoms with E-state index in [4.69, 9.17) is 4.74 Å². The number of carbonyl (C=O) groups is 2. The van der Waals surface area contributed by atoms with Crippen LogP contribution in [0.3, 0.4) is 0 Å². The third kappa shape index (κ3) is 5.47. The van der Waals surface area contributed by atoms with Gasteiger partial charge in [0.25, 0.3) is 0 Å². The van der Waals surface area contributed by atoms with Gasteiger partial charge in [-0.2, -0.15) is 0 Å². The minimum Gasteiger partial charge on any atom is -0.381 e. The van der Waals surface area contributed by atoms with Crippen molar-refractivity contribution >= 4 is 23.2 Å². The Kier molecular flexibility index (Phi) is 7.31. The van der Waals surface area contributed by atoms with E-state index in [-0.39, 0.29) is 17.7 Å². The fraction of sp³-hybridized carbons (Fsp3) is 0.636. The number of hydrogen-bond donors (Lipinski definition) is 1. The highest BCUT2D eigenvalue weighted by atomic mass is 16.5. The number of nitrogens with zero attached hydrogens (tertiary/aromatic N) is 2. The molecule has 0 aliphatic carbocycles. The molecule has 2 saturated heterocycles. The predicted molar refractivity (Wildman–Crippen MR) is 112 cm³/mol. The topological polar surface area (TPSA) is 61.9 Å². The number of rotatable bonds is 6. The second kappa shape index (κ2) is 9.92. The SMILES string of the molecule is CC(=O)N(CCNC(=O)C1CCOCC1)c1ccc(N2CCC(C)CC2)cc1. The van der Waals surface area contributed by atoms with Crippen LogP contribution in [0.1, 0.15) is 39.5 Å². The first-order valence-electron chi connectivity index (χ1n) is 10.5. The second-order valence-corrected chi connectivity index (χ2v) is 8.03. The Labute approximate surface area is 168 Å². The molecule has 2 heterocycles. The number of anilines is 2. The lowest BCUT2D eigenvalue weighted by atomic mass is 9.99. The molecule has 0 saturated carbocycles. The summed E-state index contributed by atoms with van der Waals surface area (Å²) in [6.07, 6.45) is 4.01. The molecule has 2 aliphatic heterocycles. The Morgan fingerprint density at radius 3 is 2.36 bits per heavy atom. The number of ether oxygens (including phenoxy) is 1. The molecule has 0 aromatic heterocycles. The average molecular weight is 388 g/mol. The fourth-order valence-corrected chi connectivity index (χ4v) is 3.97. The molecule has 2 fully saturated rings. The molecule has 1 N–H and O–H groups in total. The zero-order valence-corrected chi connectivity index (χ0v) is 17.2. The molecular formula is C22H33N3O3. The third-order valence-electron chi connectivity index (χ3n) is 5.92. The van der Waals surface area contributed by atoms with E-state index in [1.165, 1.54) is 18.5 Å². The molecule has 0 radical (unpaired) electrons. The Morgan fingerprint density at radius 2 is 1.75 bits per heavy atom. The highest BCUT2D eigenvalue weighted by Gasteiger charge is 2.22. The van der Waals surface area contributed by atoms with Crippen molar-refractivity contribution in [1.82, 2.24) is 5.32 Å². The predicted octanol–water partition coefficient (Wildman–Crippen LogP) is 2.82. The van der Waals surface area contributed by atoms with Crippen LogP contribution in [0.25, 0.3) is 0 Å². The molecule has 1 aromatic carbocycles. The third-order valence-corrected chi connectivity index (χ3v) is 5.92. The van der Waals surface area contributed by atoms with Crippen molar-refractivity contribution in [3.05, 3.63) is 24.3 Å². The van der Waals surface area contributed by atoms with Crippen molar-refractivity contribution < 1.29 is 14.3 Å². The number of piperidine rings is 1. The summed E-state index contributed by atoms with van der Waals surface area (Å²) in [6.45, 7) is 8.31. The lowest BCUT2D eigenvalue weighted by molar-refractivity contribution is -0.127. The number of benzene rings is 1. The van der Waals surface area contributed by atoms with Gasteiger partial charge in [-0.05, 0) is 55.9 Å². The first-order chi connectivity index (χ1) is 13.5. The monoisotopic (exact) mass is 387 g/mol. The smallest absolute Gasteiger partial charge is 0.223 e. The average Bonchev–Trinajstić information content (AvgIpc) is 2.72. The first kappa shape index (κ1) is 20.6. The second-order valence-electron chi connectivity index (χ2n) is 8.03. The first-order valence-corrected chi connectivity index (χ1v) is 10.5. The standard InChI is InChI=1S/C22H33N3O3/c1-17-7-12-24(13-8-17)20-3-5-21(6-4-20)25(18(2)26)14-11-23-22(27)19-9-15-28-16-10-19/h3-6,17,19H,7-16H2,1-2H3,(H,23,27). The molecule has 28 heavy (non-hydrogen) atoms. The summed E-state index contributed by atoms with van der Waals surface area (Å²) in [5.41, 5.74) is 2.09. The summed E-state index contributed by atoms with van der Waals surface area (Å²) in [5.74, 6) is 0.896. The van der Waals surface area contributed by atoms with Crippen LogP contribution in [0.4, 0.5) is 11.4 Å². The van der Waals surface area contributed by atoms with Gasteiger partial charge in [0.15, 0.2) is 0 Å². The van der Waals surface area contributed by atoms with Crippen molar-refractivity contribution in [2.24, 2.45) is 11.8 Å². The number of amides is 2. The van der Waals surface area contributed by atoms with Gasteiger partial charge < -0.3 is 19.9 Å². The van der Waals surface area contributed by atoms with Crippen LogP contribution in [-0.2, 0) is 14.3 Å². The van der Waals surface area contributed by atoms with E-state index in [1.807, 2.05) is 12.1 Å². The van der Waals surface area contributed by atoms with Gasteiger partial charge in [0.1, 0.15) is 0 Å². The van der Waals surface area contributed by atoms with Crippen molar-refractivity contribution in [1.29, 1.82) is 0 Å². The van der Waals surface area contributed by atoms with Crippen molar-refractivity contribution in [3.8, 4) is 0 Å². The molecule has 0 unspecified atom stereocenters. The Hall–Kier alpha value is -2.08. The maximum absolute atomic E-state index is 12.3. The van der Waals surface area contributed by atoms with E-state index in [0.29, 0.717) is 26.3 Å². The van der Waals surface area contributed by atoms with Crippen LogP contribution in [0.15, 0.2) is 24.3 Å². The zero-order chi connectivity index (χ0) is 19.9. The Balaban J connectivity index is 1.53. The van der Waals surface area contributed by atoms with Gasteiger partial charge in [-0.15, -0.1) is 0 Å². The maximum atomic E-state index is 12.3. The minimum absolute atomic E-state index is 0.0140. The van der Waals surface area contributed by atoms with Crippen LogP contribution in [0, 0.1) is 11.8 Å². The number of nitrogens with one attached hydrogen (secondary N) is 1. The van der Waals surface area contributed by atoms with Crippen molar-refractivity contribution in [2.75, 3.05) is 49.2 Å². The molecule has 0 atom stereocenters. The molecule has 2 aliphatic rings. The van der Waals surface area contributed by atoms with Gasteiger partial charge in [-0.1, -0.05) is 6.92 Å². The van der Waals surface area contributed by atoms with Crippen LogP contribution in [-0.4, -0.2) is 51.2 Å². The molecule has 6 heteroatoms. The molecule has 1 aromatic rings. The Morgan fingerprint density at radius 1 is 1.11 bits per heavy atom. The number of hydrogen-bond acceptors (Lipinski definition) is 4. The van der Waals surface area contributed by atoms with Gasteiger partial charge in [0, 0.05) is 63.6 Å². The summed E-state index contributed by atoms with van der Waals surface area (Å²) in [7, 11) is 0. The largest absolute Gasteiger partial charge is 0.381 e. The van der Waals surface area contributed by atoms with Crippen LogP contribution in [0.2, 0.25) is 0 Å². The normalized spacial score (nSPS) is 18.7. The molecule has 2 amide bonds. The van der Waals surface area contributed by atoms with Gasteiger partial charge in [-0.3, -0.25) is 9.59 Å². The van der Waals surface area contributed by atoms with E-state index in [0.717, 1.165) is 37.5 Å². The number of carbonyl (C=O) groups excluding carboxylic acids is 2. The van der Waals surface area contributed by atoms with E-state index >= 15 is 0 Å². The van der Waals surface area contributed by atoms with Crippen LogP contribution >= 0.6 is 0 Å². The summed E-state index contributed by atoms with van der Waals surface area (Å²) in [6, 6.07) is 8.22. The van der Waals surface area contributed by atoms with Crippen LogP contribution < -0.4 is 15.1 Å². The lowest BCUT2D eigenvalue weighted by Gasteiger charge is -2.32. The summed E-state index contributed by atoms with van der Waals surface area (Å²) in [4.78, 5) is 28.5. The highest BCUT2D eigenvalue weighted by molar-refractivity contribution is 5.91. The molecular weight excluding hydrogens is 354 g/mol. The molecule has 0 bridgehead atoms. The Bertz CT molecular complexity index is 647. The molecule has 3 rings (SSSR count). The fourth-order valence-electron chi connectivity index (χ4n) is 3.97. The van der Waals surface area contributed by atoms with Gasteiger partial charge >= 0.3 is 0 Å². The van der Waals surface area contributed by atoms with Crippen molar-refractivity contribution in [2.45, 2.75) is 39.5 Å². The quantitative estimate of drug-likeness (QED) is 0.815. The zero-order valence-electron chi connectivity index (χ0n) is 17.2. The molecule has 154 valence electrons. The summed E-state index contributed by atoms with van der Waals surface area (Å²) in [5, 5.41) is 2.98. The van der Waals surface area contributed by atoms with E-state index in [1.54, 1.807) is 11.8 Å². The van der Waals surface area contributed by atoms with Gasteiger partial charge in [0.05, 0.1) is 0 Å². The van der Waals surface area contributed by atoms with Gasteiger partial charge in [0.2, 0.25) is 11.8 Å². The van der Waals surface area contributed by atoms with Crippen LogP contribution in [0.5, 0.6) is 0 Å². The van der Waals surface area contributed by atoms with E-state index < -0.39 is 0 Å². The lowest BCUT2D eigenvalue weighted by Crippen LogP contribution is -2.40. The van der Waals surface area contributed by atoms with E-state index in [2.05, 4.69) is 29.3 Å². The maximum Gasteiger partial charge on any atom is 0.223 e. The minimum atomic E-state index is -0.0140. The summed E-state index contributed by atoms with van der Waals surface area (Å²) >= 11 is 0. The van der Waals surface area contributed by atoms with E-state index in [9.17, 15) is 9.59 Å². The van der Waals surface area contributed by atoms with Gasteiger partial charge in [-0.25, -0.2) is 0 Å². The molecule has 0 spiro atoms. The highest BCUT2D eigenvalue weighted by Crippen LogP contribution is 2.25. The van der Waals surface area contributed by atoms with Crippen molar-refractivity contribution in [3.63, 3.8) is 0 Å².